The molecular formula is C29H31ClF3N3O4S. The topological polar surface area (TPSA) is 86.8 Å². The number of hydrogen-bond donors (Lipinski definition) is 1. The average Bonchev–Trinajstić information content (AvgIpc) is 2.95. The smallest absolute Gasteiger partial charge is 0.354 e. The fraction of sp³-hybridized carbons (Fsp3) is 0.310. The van der Waals surface area contributed by atoms with E-state index in [0.717, 1.165) is 12.1 Å². The predicted molar refractivity (Wildman–Crippen MR) is 152 cm³/mol. The Morgan fingerprint density at radius 1 is 0.951 bits per heavy atom. The fourth-order valence-electron chi connectivity index (χ4n) is 4.20. The summed E-state index contributed by atoms with van der Waals surface area (Å²) in [5.41, 5.74) is -0.961. The van der Waals surface area contributed by atoms with E-state index in [9.17, 15) is 31.2 Å². The summed E-state index contributed by atoms with van der Waals surface area (Å²) in [6, 6.07) is 17.6. The number of halogens is 4. The van der Waals surface area contributed by atoms with Gasteiger partial charge < -0.3 is 10.2 Å². The second-order valence-corrected chi connectivity index (χ2v) is 11.5. The van der Waals surface area contributed by atoms with E-state index in [0.29, 0.717) is 28.9 Å². The number of rotatable bonds is 12. The lowest BCUT2D eigenvalue weighted by Crippen LogP contribution is -2.52. The third-order valence-electron chi connectivity index (χ3n) is 6.28. The van der Waals surface area contributed by atoms with Crippen LogP contribution in [-0.2, 0) is 32.3 Å². The van der Waals surface area contributed by atoms with Gasteiger partial charge in [0.25, 0.3) is 10.0 Å². The van der Waals surface area contributed by atoms with E-state index in [1.807, 2.05) is 6.92 Å². The van der Waals surface area contributed by atoms with Crippen molar-refractivity contribution in [3.8, 4) is 0 Å². The van der Waals surface area contributed by atoms with Gasteiger partial charge in [-0.1, -0.05) is 74.0 Å². The van der Waals surface area contributed by atoms with Gasteiger partial charge in [-0.05, 0) is 48.7 Å². The minimum absolute atomic E-state index is 0.0225. The Bertz CT molecular complexity index is 1440. The van der Waals surface area contributed by atoms with Crippen molar-refractivity contribution >= 4 is 39.1 Å². The summed E-state index contributed by atoms with van der Waals surface area (Å²) in [7, 11) is -4.52. The van der Waals surface area contributed by atoms with Crippen LogP contribution in [0.2, 0.25) is 5.02 Å². The lowest BCUT2D eigenvalue weighted by atomic mass is 10.1. The Kier molecular flexibility index (Phi) is 10.8. The number of nitrogens with zero attached hydrogens (tertiary/aromatic N) is 2. The number of anilines is 1. The summed E-state index contributed by atoms with van der Waals surface area (Å²) in [5, 5.41) is 2.15. The van der Waals surface area contributed by atoms with E-state index in [2.05, 4.69) is 5.32 Å². The minimum Gasteiger partial charge on any atom is -0.354 e. The zero-order valence-electron chi connectivity index (χ0n) is 22.6. The van der Waals surface area contributed by atoms with Crippen LogP contribution in [0.4, 0.5) is 18.9 Å². The van der Waals surface area contributed by atoms with Gasteiger partial charge in [-0.3, -0.25) is 13.9 Å². The van der Waals surface area contributed by atoms with E-state index in [-0.39, 0.29) is 17.9 Å². The molecule has 0 aliphatic heterocycles. The molecule has 0 heterocycles. The van der Waals surface area contributed by atoms with Crippen molar-refractivity contribution in [2.45, 2.75) is 50.3 Å². The zero-order valence-corrected chi connectivity index (χ0v) is 24.1. The number of amides is 2. The molecule has 220 valence electrons. The molecule has 7 nitrogen and oxygen atoms in total. The van der Waals surface area contributed by atoms with Crippen LogP contribution < -0.4 is 9.62 Å². The van der Waals surface area contributed by atoms with Crippen LogP contribution in [0.5, 0.6) is 0 Å². The second-order valence-electron chi connectivity index (χ2n) is 9.21. The van der Waals surface area contributed by atoms with Crippen molar-refractivity contribution in [1.82, 2.24) is 10.2 Å². The van der Waals surface area contributed by atoms with Gasteiger partial charge in [-0.25, -0.2) is 8.42 Å². The van der Waals surface area contributed by atoms with E-state index in [4.69, 9.17) is 11.6 Å². The van der Waals surface area contributed by atoms with Crippen molar-refractivity contribution in [2.24, 2.45) is 0 Å². The number of carbonyl (C=O) groups is 2. The molecule has 0 aliphatic carbocycles. The standard InChI is InChI=1S/C29H31ClF3N3O4S/c1-3-17-34-28(38)26(4-2)35(19-21-11-7-5-8-12-21)27(37)20-36(41(39,40)23-13-9-6-10-14-23)22-15-16-25(30)24(18-22)29(31,32)33/h5-16,18,26H,3-4,17,19-20H2,1-2H3,(H,34,38)/t26-/m1/s1. The molecule has 3 aromatic carbocycles. The molecular weight excluding hydrogens is 579 g/mol. The monoisotopic (exact) mass is 609 g/mol. The Morgan fingerprint density at radius 2 is 1.56 bits per heavy atom. The second kappa shape index (κ2) is 13.9. The van der Waals surface area contributed by atoms with E-state index in [1.165, 1.54) is 29.2 Å². The quantitative estimate of drug-likeness (QED) is 0.278. The summed E-state index contributed by atoms with van der Waals surface area (Å²) in [6.07, 6.45) is -3.99. The third-order valence-corrected chi connectivity index (χ3v) is 8.40. The molecule has 3 rings (SSSR count). The van der Waals surface area contributed by atoms with Gasteiger partial charge in [0.1, 0.15) is 12.6 Å². The molecule has 41 heavy (non-hydrogen) atoms. The largest absolute Gasteiger partial charge is 0.417 e. The minimum atomic E-state index is -4.87. The highest BCUT2D eigenvalue weighted by Gasteiger charge is 2.37. The molecule has 0 spiro atoms. The molecule has 3 aromatic rings. The summed E-state index contributed by atoms with van der Waals surface area (Å²) < 4.78 is 69.3. The first kappa shape index (κ1) is 32.0. The van der Waals surface area contributed by atoms with Gasteiger partial charge in [0.05, 0.1) is 21.2 Å². The molecule has 0 saturated heterocycles. The third kappa shape index (κ3) is 8.01. The first-order valence-electron chi connectivity index (χ1n) is 13.0. The molecule has 0 bridgehead atoms. The lowest BCUT2D eigenvalue weighted by Gasteiger charge is -2.33. The van der Waals surface area contributed by atoms with Crippen LogP contribution in [0, 0.1) is 0 Å². The van der Waals surface area contributed by atoms with Crippen molar-refractivity contribution in [3.63, 3.8) is 0 Å². The number of nitrogens with one attached hydrogen (secondary N) is 1. The van der Waals surface area contributed by atoms with Crippen molar-refractivity contribution < 1.29 is 31.2 Å². The van der Waals surface area contributed by atoms with E-state index >= 15 is 0 Å². The Labute approximate surface area is 243 Å². The molecule has 0 radical (unpaired) electrons. The highest BCUT2D eigenvalue weighted by molar-refractivity contribution is 7.92. The van der Waals surface area contributed by atoms with Gasteiger partial charge in [-0.15, -0.1) is 0 Å². The molecule has 0 unspecified atom stereocenters. The van der Waals surface area contributed by atoms with Crippen LogP contribution in [0.1, 0.15) is 37.8 Å². The molecule has 2 amide bonds. The molecule has 0 aromatic heterocycles. The van der Waals surface area contributed by atoms with Gasteiger partial charge in [-0.2, -0.15) is 13.2 Å². The summed E-state index contributed by atoms with van der Waals surface area (Å²) in [5.74, 6) is -1.18. The van der Waals surface area contributed by atoms with Gasteiger partial charge in [0.15, 0.2) is 0 Å². The number of alkyl halides is 3. The number of sulfonamides is 1. The van der Waals surface area contributed by atoms with Crippen LogP contribution in [-0.4, -0.2) is 44.3 Å². The van der Waals surface area contributed by atoms with E-state index in [1.54, 1.807) is 43.3 Å². The van der Waals surface area contributed by atoms with Gasteiger partial charge >= 0.3 is 6.18 Å². The highest BCUT2D eigenvalue weighted by atomic mass is 35.5. The molecule has 1 atom stereocenters. The number of benzene rings is 3. The molecule has 12 heteroatoms. The maximum Gasteiger partial charge on any atom is 0.417 e. The van der Waals surface area contributed by atoms with Crippen molar-refractivity contribution in [1.29, 1.82) is 0 Å². The lowest BCUT2D eigenvalue weighted by molar-refractivity contribution is -0.140. The van der Waals surface area contributed by atoms with Gasteiger partial charge in [0, 0.05) is 13.1 Å². The fourth-order valence-corrected chi connectivity index (χ4v) is 5.85. The van der Waals surface area contributed by atoms with Crippen molar-refractivity contribution in [3.05, 3.63) is 95.0 Å². The molecule has 1 N–H and O–H groups in total. The first-order chi connectivity index (χ1) is 19.4. The van der Waals surface area contributed by atoms with Crippen LogP contribution in [0.15, 0.2) is 83.8 Å². The van der Waals surface area contributed by atoms with Gasteiger partial charge in [0.2, 0.25) is 11.8 Å². The Balaban J connectivity index is 2.11. The maximum atomic E-state index is 13.9. The van der Waals surface area contributed by atoms with Crippen molar-refractivity contribution in [2.75, 3.05) is 17.4 Å². The highest BCUT2D eigenvalue weighted by Crippen LogP contribution is 2.38. The number of carbonyl (C=O) groups excluding carboxylic acids is 2. The van der Waals surface area contributed by atoms with Crippen LogP contribution in [0.25, 0.3) is 0 Å². The molecule has 0 fully saturated rings. The number of hydrogen-bond acceptors (Lipinski definition) is 4. The molecule has 0 aliphatic rings. The summed E-state index contributed by atoms with van der Waals surface area (Å²) in [6.45, 7) is 3.09. The Hall–Kier alpha value is -3.57. The molecule has 0 saturated carbocycles. The van der Waals surface area contributed by atoms with E-state index < -0.39 is 56.9 Å². The zero-order chi connectivity index (χ0) is 30.2. The summed E-state index contributed by atoms with van der Waals surface area (Å²) >= 11 is 5.79. The normalized spacial score (nSPS) is 12.4. The SMILES string of the molecule is CCCNC(=O)[C@@H](CC)N(Cc1ccccc1)C(=O)CN(c1ccc(Cl)c(C(F)(F)F)c1)S(=O)(=O)c1ccccc1. The maximum absolute atomic E-state index is 13.9. The first-order valence-corrected chi connectivity index (χ1v) is 14.8. The Morgan fingerprint density at radius 3 is 2.12 bits per heavy atom. The average molecular weight is 610 g/mol. The summed E-state index contributed by atoms with van der Waals surface area (Å²) in [4.78, 5) is 28.0. The predicted octanol–water partition coefficient (Wildman–Crippen LogP) is 5.89. The van der Waals surface area contributed by atoms with Crippen LogP contribution in [0.3, 0.4) is 0 Å². The van der Waals surface area contributed by atoms with Crippen LogP contribution >= 0.6 is 11.6 Å².